The zero-order chi connectivity index (χ0) is 22.9. The molecule has 8 heteroatoms. The van der Waals surface area contributed by atoms with E-state index in [4.69, 9.17) is 16.3 Å². The molecule has 6 nitrogen and oxygen atoms in total. The van der Waals surface area contributed by atoms with Crippen LogP contribution in [0.5, 0.6) is 5.75 Å². The standard InChI is InChI=1S/C22H24ClFN2O3.CH5N/c1-22(13-16-2-5-18(24)6-3-16)8-10-26(11-9-22)21(28)14-29-20-7-4-17(23)12-19(20)25-15-27;1-2/h2-7,12,15H,8-11,13-14H2,1H3,(H,25,27);2H2,1H3. The maximum absolute atomic E-state index is 13.1. The van der Waals surface area contributed by atoms with Gasteiger partial charge >= 0.3 is 0 Å². The number of benzene rings is 2. The van der Waals surface area contributed by atoms with Gasteiger partial charge in [-0.2, -0.15) is 0 Å². The lowest BCUT2D eigenvalue weighted by molar-refractivity contribution is -0.135. The number of ether oxygens (including phenoxy) is 1. The largest absolute Gasteiger partial charge is 0.482 e. The molecule has 0 saturated carbocycles. The Kier molecular flexibility index (Phi) is 9.27. The van der Waals surface area contributed by atoms with Crippen molar-refractivity contribution in [1.82, 2.24) is 4.90 Å². The molecule has 2 aromatic carbocycles. The molecule has 0 spiro atoms. The highest BCUT2D eigenvalue weighted by Crippen LogP contribution is 2.35. The van der Waals surface area contributed by atoms with Gasteiger partial charge in [0.15, 0.2) is 6.61 Å². The third-order valence-corrected chi connectivity index (χ3v) is 5.61. The van der Waals surface area contributed by atoms with Crippen molar-refractivity contribution in [2.45, 2.75) is 26.2 Å². The molecule has 1 aliphatic heterocycles. The van der Waals surface area contributed by atoms with Gasteiger partial charge in [-0.15, -0.1) is 0 Å². The van der Waals surface area contributed by atoms with Gasteiger partial charge in [-0.25, -0.2) is 4.39 Å². The summed E-state index contributed by atoms with van der Waals surface area (Å²) in [6.07, 6.45) is 3.13. The molecule has 1 heterocycles. The maximum Gasteiger partial charge on any atom is 0.260 e. The minimum absolute atomic E-state index is 0.0761. The molecule has 168 valence electrons. The molecule has 0 aliphatic carbocycles. The van der Waals surface area contributed by atoms with Crippen LogP contribution in [0.2, 0.25) is 5.02 Å². The Hall–Kier alpha value is -2.64. The van der Waals surface area contributed by atoms with Gasteiger partial charge in [0.05, 0.1) is 5.69 Å². The van der Waals surface area contributed by atoms with Crippen LogP contribution in [-0.4, -0.2) is 44.0 Å². The van der Waals surface area contributed by atoms with Gasteiger partial charge in [-0.3, -0.25) is 9.59 Å². The highest BCUT2D eigenvalue weighted by Gasteiger charge is 2.32. The third kappa shape index (κ3) is 7.22. The lowest BCUT2D eigenvalue weighted by Crippen LogP contribution is -2.44. The fourth-order valence-electron chi connectivity index (χ4n) is 3.60. The number of anilines is 1. The summed E-state index contributed by atoms with van der Waals surface area (Å²) in [5.74, 6) is 0.0698. The van der Waals surface area contributed by atoms with E-state index < -0.39 is 0 Å². The van der Waals surface area contributed by atoms with Crippen molar-refractivity contribution in [1.29, 1.82) is 0 Å². The normalized spacial score (nSPS) is 14.8. The summed E-state index contributed by atoms with van der Waals surface area (Å²) in [5.41, 5.74) is 6.10. The molecule has 31 heavy (non-hydrogen) atoms. The second kappa shape index (κ2) is 11.7. The molecule has 3 N–H and O–H groups in total. The van der Waals surface area contributed by atoms with Crippen LogP contribution in [0.3, 0.4) is 0 Å². The van der Waals surface area contributed by atoms with E-state index >= 15 is 0 Å². The first-order chi connectivity index (χ1) is 14.9. The first-order valence-electron chi connectivity index (χ1n) is 10.1. The van der Waals surface area contributed by atoms with Crippen LogP contribution in [0, 0.1) is 11.2 Å². The molecule has 3 rings (SSSR count). The number of piperidine rings is 1. The average molecular weight is 450 g/mol. The Balaban J connectivity index is 0.00000166. The summed E-state index contributed by atoms with van der Waals surface area (Å²) >= 11 is 5.92. The second-order valence-corrected chi connectivity index (χ2v) is 8.12. The van der Waals surface area contributed by atoms with Gasteiger partial charge in [-0.05, 0) is 67.6 Å². The smallest absolute Gasteiger partial charge is 0.260 e. The third-order valence-electron chi connectivity index (χ3n) is 5.37. The summed E-state index contributed by atoms with van der Waals surface area (Å²) in [6, 6.07) is 11.4. The zero-order valence-electron chi connectivity index (χ0n) is 17.9. The number of halogens is 2. The zero-order valence-corrected chi connectivity index (χ0v) is 18.6. The number of amides is 2. The molecule has 0 unspecified atom stereocenters. The monoisotopic (exact) mass is 449 g/mol. The van der Waals surface area contributed by atoms with Crippen LogP contribution in [0.4, 0.5) is 10.1 Å². The molecule has 2 amide bonds. The van der Waals surface area contributed by atoms with Gasteiger partial charge < -0.3 is 20.7 Å². The number of hydrogen-bond donors (Lipinski definition) is 2. The summed E-state index contributed by atoms with van der Waals surface area (Å²) in [5, 5.41) is 2.98. The Labute approximate surface area is 187 Å². The molecule has 2 aromatic rings. The van der Waals surface area contributed by atoms with Crippen LogP contribution < -0.4 is 15.8 Å². The van der Waals surface area contributed by atoms with Crippen LogP contribution in [0.1, 0.15) is 25.3 Å². The molecule has 0 radical (unpaired) electrons. The van der Waals surface area contributed by atoms with Gasteiger partial charge in [-0.1, -0.05) is 30.7 Å². The first kappa shape index (κ1) is 24.6. The van der Waals surface area contributed by atoms with Crippen molar-refractivity contribution >= 4 is 29.6 Å². The Morgan fingerprint density at radius 2 is 1.87 bits per heavy atom. The Morgan fingerprint density at radius 1 is 1.23 bits per heavy atom. The average Bonchev–Trinajstić information content (AvgIpc) is 2.77. The van der Waals surface area contributed by atoms with Crippen LogP contribution in [-0.2, 0) is 16.0 Å². The van der Waals surface area contributed by atoms with E-state index in [1.165, 1.54) is 19.2 Å². The van der Waals surface area contributed by atoms with Crippen molar-refractivity contribution < 1.29 is 18.7 Å². The van der Waals surface area contributed by atoms with Crippen LogP contribution in [0.25, 0.3) is 0 Å². The predicted octanol–water partition coefficient (Wildman–Crippen LogP) is 3.87. The number of nitrogens with two attached hydrogens (primary N) is 1. The second-order valence-electron chi connectivity index (χ2n) is 7.69. The molecule has 1 aliphatic rings. The van der Waals surface area contributed by atoms with E-state index in [0.717, 1.165) is 24.8 Å². The summed E-state index contributed by atoms with van der Waals surface area (Å²) < 4.78 is 18.7. The van der Waals surface area contributed by atoms with Crippen molar-refractivity contribution in [3.8, 4) is 5.75 Å². The van der Waals surface area contributed by atoms with Crippen molar-refractivity contribution in [2.24, 2.45) is 11.1 Å². The summed E-state index contributed by atoms with van der Waals surface area (Å²) in [7, 11) is 1.50. The Bertz CT molecular complexity index is 869. The van der Waals surface area contributed by atoms with E-state index in [1.807, 2.05) is 12.1 Å². The molecular formula is C23H29ClFN3O3. The topological polar surface area (TPSA) is 84.7 Å². The number of nitrogens with one attached hydrogen (secondary N) is 1. The lowest BCUT2D eigenvalue weighted by atomic mass is 9.75. The van der Waals surface area contributed by atoms with Crippen molar-refractivity contribution in [3.63, 3.8) is 0 Å². The minimum Gasteiger partial charge on any atom is -0.482 e. The van der Waals surface area contributed by atoms with Gasteiger partial charge in [0.1, 0.15) is 11.6 Å². The number of carbonyl (C=O) groups excluding carboxylic acids is 2. The van der Waals surface area contributed by atoms with Gasteiger partial charge in [0.25, 0.3) is 5.91 Å². The lowest BCUT2D eigenvalue weighted by Gasteiger charge is -2.39. The fraction of sp³-hybridized carbons (Fsp3) is 0.391. The highest BCUT2D eigenvalue weighted by molar-refractivity contribution is 6.31. The van der Waals surface area contributed by atoms with E-state index in [1.54, 1.807) is 23.1 Å². The molecule has 0 atom stereocenters. The summed E-state index contributed by atoms with van der Waals surface area (Å²) in [6.45, 7) is 3.41. The van der Waals surface area contributed by atoms with E-state index in [2.05, 4.69) is 18.0 Å². The highest BCUT2D eigenvalue weighted by atomic mass is 35.5. The molecular weight excluding hydrogens is 421 g/mol. The summed E-state index contributed by atoms with van der Waals surface area (Å²) in [4.78, 5) is 25.1. The predicted molar refractivity (Wildman–Crippen MR) is 121 cm³/mol. The first-order valence-corrected chi connectivity index (χ1v) is 10.5. The number of hydrogen-bond acceptors (Lipinski definition) is 4. The Morgan fingerprint density at radius 3 is 2.48 bits per heavy atom. The van der Waals surface area contributed by atoms with Crippen molar-refractivity contribution in [2.75, 3.05) is 32.1 Å². The molecule has 0 aromatic heterocycles. The molecule has 1 saturated heterocycles. The maximum atomic E-state index is 13.1. The van der Waals surface area contributed by atoms with Crippen LogP contribution >= 0.6 is 11.6 Å². The number of rotatable bonds is 7. The molecule has 0 bridgehead atoms. The van der Waals surface area contributed by atoms with E-state index in [-0.39, 0.29) is 23.7 Å². The van der Waals surface area contributed by atoms with E-state index in [9.17, 15) is 14.0 Å². The fourth-order valence-corrected chi connectivity index (χ4v) is 3.78. The minimum atomic E-state index is -0.230. The molecule has 1 fully saturated rings. The SMILES string of the molecule is CC1(Cc2ccc(F)cc2)CCN(C(=O)COc2ccc(Cl)cc2NC=O)CC1.CN. The number of carbonyl (C=O) groups is 2. The van der Waals surface area contributed by atoms with E-state index in [0.29, 0.717) is 36.0 Å². The quantitative estimate of drug-likeness (QED) is 0.628. The number of likely N-dealkylation sites (tertiary alicyclic amines) is 1. The number of nitrogens with zero attached hydrogens (tertiary/aromatic N) is 1. The van der Waals surface area contributed by atoms with Gasteiger partial charge in [0, 0.05) is 18.1 Å². The van der Waals surface area contributed by atoms with Crippen LogP contribution in [0.15, 0.2) is 42.5 Å². The van der Waals surface area contributed by atoms with Crippen molar-refractivity contribution in [3.05, 3.63) is 58.9 Å². The van der Waals surface area contributed by atoms with Gasteiger partial charge in [0.2, 0.25) is 6.41 Å².